The lowest BCUT2D eigenvalue weighted by Gasteiger charge is -2.07. The summed E-state index contributed by atoms with van der Waals surface area (Å²) in [6.45, 7) is 6.07. The van der Waals surface area contributed by atoms with Crippen molar-refractivity contribution >= 4 is 16.8 Å². The number of aromatic nitrogens is 1. The molecule has 0 spiro atoms. The maximum Gasteiger partial charge on any atom is 0.251 e. The second kappa shape index (κ2) is 5.88. The molecule has 1 amide bonds. The second-order valence-electron chi connectivity index (χ2n) is 5.90. The van der Waals surface area contributed by atoms with Crippen molar-refractivity contribution < 1.29 is 9.18 Å². The van der Waals surface area contributed by atoms with E-state index in [4.69, 9.17) is 0 Å². The predicted octanol–water partition coefficient (Wildman–Crippen LogP) is 4.16. The molecule has 0 aliphatic carbocycles. The zero-order valence-electron chi connectivity index (χ0n) is 13.5. The van der Waals surface area contributed by atoms with Crippen molar-refractivity contribution in [2.75, 3.05) is 0 Å². The first-order valence-electron chi connectivity index (χ1n) is 7.58. The summed E-state index contributed by atoms with van der Waals surface area (Å²) in [6, 6.07) is 10.6. The zero-order chi connectivity index (χ0) is 16.6. The van der Waals surface area contributed by atoms with Gasteiger partial charge in [-0.3, -0.25) is 4.79 Å². The van der Waals surface area contributed by atoms with Crippen LogP contribution < -0.4 is 5.32 Å². The molecule has 1 aromatic heterocycles. The quantitative estimate of drug-likeness (QED) is 0.749. The van der Waals surface area contributed by atoms with E-state index >= 15 is 0 Å². The number of fused-ring (bicyclic) bond motifs is 1. The maximum absolute atomic E-state index is 13.5. The number of hydrogen-bond donors (Lipinski definition) is 2. The molecule has 0 unspecified atom stereocenters. The van der Waals surface area contributed by atoms with Crippen LogP contribution in [0, 0.1) is 26.6 Å². The molecule has 3 rings (SSSR count). The first-order valence-corrected chi connectivity index (χ1v) is 7.58. The Kier molecular flexibility index (Phi) is 3.90. The minimum absolute atomic E-state index is 0.161. The highest BCUT2D eigenvalue weighted by Gasteiger charge is 2.10. The standard InChI is InChI=1S/C19H19FN2O/c1-11-4-5-14(8-17(11)20)10-21-19(23)15-6-7-18-16(9-15)12(2)13(3)22-18/h4-9,22H,10H2,1-3H3,(H,21,23). The number of aryl methyl sites for hydroxylation is 3. The summed E-state index contributed by atoms with van der Waals surface area (Å²) in [5, 5.41) is 3.89. The third-order valence-corrected chi connectivity index (χ3v) is 4.26. The van der Waals surface area contributed by atoms with Crippen LogP contribution in [0.4, 0.5) is 4.39 Å². The SMILES string of the molecule is Cc1ccc(CNC(=O)c2ccc3[nH]c(C)c(C)c3c2)cc1F. The largest absolute Gasteiger partial charge is 0.358 e. The van der Waals surface area contributed by atoms with Gasteiger partial charge in [-0.2, -0.15) is 0 Å². The van der Waals surface area contributed by atoms with Crippen LogP contribution in [-0.2, 0) is 6.54 Å². The van der Waals surface area contributed by atoms with Gasteiger partial charge >= 0.3 is 0 Å². The lowest BCUT2D eigenvalue weighted by atomic mass is 10.1. The van der Waals surface area contributed by atoms with E-state index in [1.54, 1.807) is 19.1 Å². The number of hydrogen-bond acceptors (Lipinski definition) is 1. The van der Waals surface area contributed by atoms with E-state index in [9.17, 15) is 9.18 Å². The number of benzene rings is 2. The molecular formula is C19H19FN2O. The third-order valence-electron chi connectivity index (χ3n) is 4.26. The molecule has 118 valence electrons. The molecule has 23 heavy (non-hydrogen) atoms. The number of halogens is 1. The molecule has 3 aromatic rings. The van der Waals surface area contributed by atoms with E-state index < -0.39 is 0 Å². The Bertz CT molecular complexity index is 896. The fraction of sp³-hybridized carbons (Fsp3) is 0.211. The molecule has 3 nitrogen and oxygen atoms in total. The minimum atomic E-state index is -0.253. The molecule has 0 aliphatic rings. The van der Waals surface area contributed by atoms with Crippen molar-refractivity contribution in [2.45, 2.75) is 27.3 Å². The van der Waals surface area contributed by atoms with E-state index in [-0.39, 0.29) is 11.7 Å². The number of carbonyl (C=O) groups excluding carboxylic acids is 1. The van der Waals surface area contributed by atoms with Crippen LogP contribution in [0.2, 0.25) is 0 Å². The van der Waals surface area contributed by atoms with E-state index in [1.807, 2.05) is 32.0 Å². The van der Waals surface area contributed by atoms with Gasteiger partial charge in [0.1, 0.15) is 5.82 Å². The van der Waals surface area contributed by atoms with Crippen LogP contribution in [0.5, 0.6) is 0 Å². The van der Waals surface area contributed by atoms with Crippen molar-refractivity contribution in [1.82, 2.24) is 10.3 Å². The molecule has 0 bridgehead atoms. The zero-order valence-corrected chi connectivity index (χ0v) is 13.5. The Morgan fingerprint density at radius 3 is 2.65 bits per heavy atom. The number of rotatable bonds is 3. The lowest BCUT2D eigenvalue weighted by Crippen LogP contribution is -2.22. The van der Waals surface area contributed by atoms with Crippen LogP contribution in [-0.4, -0.2) is 10.9 Å². The minimum Gasteiger partial charge on any atom is -0.358 e. The van der Waals surface area contributed by atoms with Crippen LogP contribution in [0.3, 0.4) is 0 Å². The first kappa shape index (κ1) is 15.3. The molecule has 1 heterocycles. The summed E-state index contributed by atoms with van der Waals surface area (Å²) in [5.74, 6) is -0.414. The van der Waals surface area contributed by atoms with Gasteiger partial charge in [0, 0.05) is 28.7 Å². The number of carbonyl (C=O) groups is 1. The highest BCUT2D eigenvalue weighted by Crippen LogP contribution is 2.22. The predicted molar refractivity (Wildman–Crippen MR) is 90.1 cm³/mol. The third kappa shape index (κ3) is 2.97. The lowest BCUT2D eigenvalue weighted by molar-refractivity contribution is 0.0951. The fourth-order valence-corrected chi connectivity index (χ4v) is 2.63. The van der Waals surface area contributed by atoms with Gasteiger partial charge in [-0.1, -0.05) is 12.1 Å². The Balaban J connectivity index is 1.77. The van der Waals surface area contributed by atoms with Crippen LogP contribution in [0.15, 0.2) is 36.4 Å². The second-order valence-corrected chi connectivity index (χ2v) is 5.90. The topological polar surface area (TPSA) is 44.9 Å². The van der Waals surface area contributed by atoms with E-state index in [0.29, 0.717) is 17.7 Å². The van der Waals surface area contributed by atoms with Gasteiger partial charge in [0.15, 0.2) is 0 Å². The molecule has 0 fully saturated rings. The number of amides is 1. The molecule has 0 atom stereocenters. The highest BCUT2D eigenvalue weighted by molar-refractivity contribution is 5.99. The summed E-state index contributed by atoms with van der Waals surface area (Å²) in [7, 11) is 0. The van der Waals surface area contributed by atoms with Gasteiger partial charge in [-0.05, 0) is 61.7 Å². The van der Waals surface area contributed by atoms with Crippen LogP contribution in [0.25, 0.3) is 10.9 Å². The number of aromatic amines is 1. The van der Waals surface area contributed by atoms with Crippen molar-refractivity contribution in [3.05, 3.63) is 70.2 Å². The monoisotopic (exact) mass is 310 g/mol. The summed E-state index contributed by atoms with van der Waals surface area (Å²) >= 11 is 0. The normalized spacial score (nSPS) is 11.0. The molecule has 4 heteroatoms. The number of H-pyrrole nitrogens is 1. The van der Waals surface area contributed by atoms with Gasteiger partial charge in [-0.15, -0.1) is 0 Å². The van der Waals surface area contributed by atoms with E-state index in [1.165, 1.54) is 6.07 Å². The van der Waals surface area contributed by atoms with Crippen molar-refractivity contribution in [2.24, 2.45) is 0 Å². The van der Waals surface area contributed by atoms with E-state index in [2.05, 4.69) is 10.3 Å². The fourth-order valence-electron chi connectivity index (χ4n) is 2.63. The Morgan fingerprint density at radius 1 is 1.13 bits per heavy atom. The highest BCUT2D eigenvalue weighted by atomic mass is 19.1. The van der Waals surface area contributed by atoms with Gasteiger partial charge in [0.25, 0.3) is 5.91 Å². The average Bonchev–Trinajstić information content (AvgIpc) is 2.82. The Labute approximate surface area is 134 Å². The molecule has 2 N–H and O–H groups in total. The molecular weight excluding hydrogens is 291 g/mol. The summed E-state index contributed by atoms with van der Waals surface area (Å²) in [4.78, 5) is 15.6. The van der Waals surface area contributed by atoms with Crippen molar-refractivity contribution in [3.63, 3.8) is 0 Å². The first-order chi connectivity index (χ1) is 11.0. The maximum atomic E-state index is 13.5. The average molecular weight is 310 g/mol. The smallest absolute Gasteiger partial charge is 0.251 e. The van der Waals surface area contributed by atoms with Crippen molar-refractivity contribution in [3.8, 4) is 0 Å². The summed E-state index contributed by atoms with van der Waals surface area (Å²) in [6.07, 6.45) is 0. The van der Waals surface area contributed by atoms with Gasteiger partial charge < -0.3 is 10.3 Å². The molecule has 0 radical (unpaired) electrons. The van der Waals surface area contributed by atoms with Crippen LogP contribution >= 0.6 is 0 Å². The molecule has 0 saturated carbocycles. The van der Waals surface area contributed by atoms with E-state index in [0.717, 1.165) is 27.7 Å². The van der Waals surface area contributed by atoms with Gasteiger partial charge in [0.05, 0.1) is 0 Å². The Hall–Kier alpha value is -2.62. The molecule has 2 aromatic carbocycles. The molecule has 0 aliphatic heterocycles. The van der Waals surface area contributed by atoms with Gasteiger partial charge in [0.2, 0.25) is 0 Å². The summed E-state index contributed by atoms with van der Waals surface area (Å²) < 4.78 is 13.5. The van der Waals surface area contributed by atoms with Gasteiger partial charge in [-0.25, -0.2) is 4.39 Å². The summed E-state index contributed by atoms with van der Waals surface area (Å²) in [5.41, 5.74) is 5.23. The Morgan fingerprint density at radius 2 is 1.91 bits per heavy atom. The van der Waals surface area contributed by atoms with Crippen molar-refractivity contribution in [1.29, 1.82) is 0 Å². The van der Waals surface area contributed by atoms with Crippen LogP contribution in [0.1, 0.15) is 32.7 Å². The molecule has 0 saturated heterocycles. The number of nitrogens with one attached hydrogen (secondary N) is 2.